The fourth-order valence-electron chi connectivity index (χ4n) is 2.40. The molecule has 1 heterocycles. The van der Waals surface area contributed by atoms with E-state index in [1.165, 1.54) is 17.4 Å². The van der Waals surface area contributed by atoms with Gasteiger partial charge in [-0.1, -0.05) is 6.07 Å². The zero-order valence-corrected chi connectivity index (χ0v) is 10.2. The van der Waals surface area contributed by atoms with E-state index in [4.69, 9.17) is 0 Å². The van der Waals surface area contributed by atoms with Crippen LogP contribution < -0.4 is 0 Å². The van der Waals surface area contributed by atoms with Crippen molar-refractivity contribution in [3.8, 4) is 0 Å². The lowest BCUT2D eigenvalue weighted by Gasteiger charge is -2.07. The van der Waals surface area contributed by atoms with Crippen LogP contribution in [0.3, 0.4) is 0 Å². The molecular formula is C13H14FNS. The van der Waals surface area contributed by atoms with Gasteiger partial charge in [-0.25, -0.2) is 4.39 Å². The molecule has 1 unspecified atom stereocenters. The van der Waals surface area contributed by atoms with Crippen LogP contribution in [0.1, 0.15) is 17.9 Å². The second-order valence-electron chi connectivity index (χ2n) is 4.70. The van der Waals surface area contributed by atoms with E-state index in [0.717, 1.165) is 4.70 Å². The van der Waals surface area contributed by atoms with Crippen molar-refractivity contribution in [1.82, 2.24) is 4.90 Å². The van der Waals surface area contributed by atoms with E-state index in [1.54, 1.807) is 23.5 Å². The van der Waals surface area contributed by atoms with Crippen LogP contribution in [0.2, 0.25) is 0 Å². The van der Waals surface area contributed by atoms with Crippen LogP contribution in [0.25, 0.3) is 10.1 Å². The normalized spacial score (nSPS) is 24.2. The summed E-state index contributed by atoms with van der Waals surface area (Å²) in [5.41, 5.74) is 1.40. The molecule has 2 atom stereocenters. The van der Waals surface area contributed by atoms with E-state index < -0.39 is 0 Å². The Kier molecular flexibility index (Phi) is 2.26. The fraction of sp³-hybridized carbons (Fsp3) is 0.385. The summed E-state index contributed by atoms with van der Waals surface area (Å²) in [5, 5.41) is 3.43. The van der Waals surface area contributed by atoms with Gasteiger partial charge in [-0.15, -0.1) is 11.3 Å². The standard InChI is InChI=1S/C13H14FNS/c1-15(2)12-6-10(12)11-7-16-13-5-8(14)3-4-9(11)13/h3-5,7,10,12H,6H2,1-2H3/t10-,12?/m0/s1. The summed E-state index contributed by atoms with van der Waals surface area (Å²) < 4.78 is 14.1. The maximum Gasteiger partial charge on any atom is 0.124 e. The number of likely N-dealkylation sites (N-methyl/N-ethyl adjacent to an activating group) is 1. The van der Waals surface area contributed by atoms with Crippen molar-refractivity contribution in [1.29, 1.82) is 0 Å². The van der Waals surface area contributed by atoms with Gasteiger partial charge in [0, 0.05) is 16.7 Å². The maximum absolute atomic E-state index is 13.1. The quantitative estimate of drug-likeness (QED) is 0.770. The summed E-state index contributed by atoms with van der Waals surface area (Å²) in [4.78, 5) is 2.28. The molecule has 1 fully saturated rings. The molecule has 0 saturated heterocycles. The summed E-state index contributed by atoms with van der Waals surface area (Å²) in [5.74, 6) is 0.509. The average Bonchev–Trinajstić information content (AvgIpc) is 2.93. The summed E-state index contributed by atoms with van der Waals surface area (Å²) in [6.07, 6.45) is 1.23. The van der Waals surface area contributed by atoms with Gasteiger partial charge in [-0.2, -0.15) is 0 Å². The first kappa shape index (κ1) is 10.2. The SMILES string of the molecule is CN(C)C1C[C@H]1c1csc2cc(F)ccc12. The highest BCUT2D eigenvalue weighted by Gasteiger charge is 2.41. The Hall–Kier alpha value is -0.930. The molecule has 0 spiro atoms. The molecule has 0 amide bonds. The number of hydrogen-bond acceptors (Lipinski definition) is 2. The number of nitrogens with zero attached hydrogens (tertiary/aromatic N) is 1. The molecule has 2 aromatic rings. The first-order valence-electron chi connectivity index (χ1n) is 5.50. The predicted octanol–water partition coefficient (Wildman–Crippen LogP) is 3.46. The van der Waals surface area contributed by atoms with Gasteiger partial charge in [0.25, 0.3) is 0 Å². The van der Waals surface area contributed by atoms with E-state index in [0.29, 0.717) is 12.0 Å². The summed E-state index contributed by atoms with van der Waals surface area (Å²) in [7, 11) is 4.25. The van der Waals surface area contributed by atoms with E-state index in [-0.39, 0.29) is 5.82 Å². The molecule has 1 aliphatic carbocycles. The van der Waals surface area contributed by atoms with Gasteiger partial charge in [0.2, 0.25) is 0 Å². The van der Waals surface area contributed by atoms with E-state index in [2.05, 4.69) is 24.4 Å². The van der Waals surface area contributed by atoms with Gasteiger partial charge in [0.15, 0.2) is 0 Å². The van der Waals surface area contributed by atoms with E-state index in [9.17, 15) is 4.39 Å². The Morgan fingerprint density at radius 2 is 2.19 bits per heavy atom. The second kappa shape index (κ2) is 3.54. The van der Waals surface area contributed by atoms with Crippen LogP contribution in [0, 0.1) is 5.82 Å². The minimum Gasteiger partial charge on any atom is -0.306 e. The van der Waals surface area contributed by atoms with Gasteiger partial charge in [-0.3, -0.25) is 0 Å². The van der Waals surface area contributed by atoms with Gasteiger partial charge in [0.05, 0.1) is 0 Å². The predicted molar refractivity (Wildman–Crippen MR) is 66.6 cm³/mol. The molecule has 0 N–H and O–H groups in total. The zero-order chi connectivity index (χ0) is 11.3. The highest BCUT2D eigenvalue weighted by molar-refractivity contribution is 7.17. The molecule has 84 valence electrons. The molecule has 1 aliphatic rings. The van der Waals surface area contributed by atoms with Crippen molar-refractivity contribution in [2.75, 3.05) is 14.1 Å². The molecule has 0 radical (unpaired) electrons. The highest BCUT2D eigenvalue weighted by atomic mass is 32.1. The molecular weight excluding hydrogens is 221 g/mol. The minimum atomic E-state index is -0.138. The number of rotatable bonds is 2. The van der Waals surface area contributed by atoms with Crippen molar-refractivity contribution >= 4 is 21.4 Å². The topological polar surface area (TPSA) is 3.24 Å². The third-order valence-corrected chi connectivity index (χ3v) is 4.35. The van der Waals surface area contributed by atoms with Crippen LogP contribution in [-0.2, 0) is 0 Å². The van der Waals surface area contributed by atoms with Crippen LogP contribution in [0.4, 0.5) is 4.39 Å². The van der Waals surface area contributed by atoms with Crippen molar-refractivity contribution in [3.05, 3.63) is 35.0 Å². The van der Waals surface area contributed by atoms with Gasteiger partial charge in [0.1, 0.15) is 5.82 Å². The van der Waals surface area contributed by atoms with Crippen LogP contribution in [0.15, 0.2) is 23.6 Å². The first-order valence-corrected chi connectivity index (χ1v) is 6.38. The van der Waals surface area contributed by atoms with E-state index >= 15 is 0 Å². The van der Waals surface area contributed by atoms with Crippen molar-refractivity contribution in [2.45, 2.75) is 18.4 Å². The van der Waals surface area contributed by atoms with Gasteiger partial charge >= 0.3 is 0 Å². The maximum atomic E-state index is 13.1. The lowest BCUT2D eigenvalue weighted by atomic mass is 10.1. The van der Waals surface area contributed by atoms with Crippen LogP contribution in [0.5, 0.6) is 0 Å². The second-order valence-corrected chi connectivity index (χ2v) is 5.62. The average molecular weight is 235 g/mol. The molecule has 3 heteroatoms. The third kappa shape index (κ3) is 1.55. The summed E-state index contributed by atoms with van der Waals surface area (Å²) in [6.45, 7) is 0. The van der Waals surface area contributed by atoms with Gasteiger partial charge in [-0.05, 0) is 49.0 Å². The fourth-order valence-corrected chi connectivity index (χ4v) is 3.45. The van der Waals surface area contributed by atoms with Crippen molar-refractivity contribution in [3.63, 3.8) is 0 Å². The van der Waals surface area contributed by atoms with Crippen LogP contribution >= 0.6 is 11.3 Å². The first-order chi connectivity index (χ1) is 7.66. The molecule has 1 nitrogen and oxygen atoms in total. The number of hydrogen-bond donors (Lipinski definition) is 0. The van der Waals surface area contributed by atoms with Crippen molar-refractivity contribution < 1.29 is 4.39 Å². The molecule has 1 aromatic carbocycles. The lowest BCUT2D eigenvalue weighted by molar-refractivity contribution is 0.391. The largest absolute Gasteiger partial charge is 0.306 e. The monoisotopic (exact) mass is 235 g/mol. The lowest BCUT2D eigenvalue weighted by Crippen LogP contribution is -2.15. The van der Waals surface area contributed by atoms with Gasteiger partial charge < -0.3 is 4.90 Å². The Balaban J connectivity index is 2.00. The molecule has 0 aliphatic heterocycles. The summed E-state index contributed by atoms with van der Waals surface area (Å²) >= 11 is 1.65. The Bertz CT molecular complexity index is 532. The Morgan fingerprint density at radius 3 is 2.88 bits per heavy atom. The Labute approximate surface area is 98.5 Å². The van der Waals surface area contributed by atoms with E-state index in [1.807, 2.05) is 6.07 Å². The van der Waals surface area contributed by atoms with Crippen LogP contribution in [-0.4, -0.2) is 25.0 Å². The Morgan fingerprint density at radius 1 is 1.38 bits per heavy atom. The molecule has 1 aromatic heterocycles. The molecule has 0 bridgehead atoms. The number of thiophene rings is 1. The number of fused-ring (bicyclic) bond motifs is 1. The minimum absolute atomic E-state index is 0.138. The highest BCUT2D eigenvalue weighted by Crippen LogP contribution is 2.47. The third-order valence-electron chi connectivity index (χ3n) is 3.39. The zero-order valence-electron chi connectivity index (χ0n) is 9.40. The molecule has 1 saturated carbocycles. The smallest absolute Gasteiger partial charge is 0.124 e. The molecule has 16 heavy (non-hydrogen) atoms. The van der Waals surface area contributed by atoms with Crippen molar-refractivity contribution in [2.24, 2.45) is 0 Å². The summed E-state index contributed by atoms with van der Waals surface area (Å²) in [6, 6.07) is 5.78. The molecule has 3 rings (SSSR count). The number of halogens is 1. The number of benzene rings is 1.